The summed E-state index contributed by atoms with van der Waals surface area (Å²) in [7, 11) is 0. The van der Waals surface area contributed by atoms with E-state index in [0.29, 0.717) is 0 Å². The van der Waals surface area contributed by atoms with Crippen LogP contribution in [0.4, 0.5) is 8.78 Å². The van der Waals surface area contributed by atoms with Gasteiger partial charge in [0.15, 0.2) is 0 Å². The SMILES string of the molecule is [N-]=[N+]=NC(CO)c1ccc(F)c(Br)c1F. The molecule has 1 rings (SSSR count). The molecule has 1 atom stereocenters. The van der Waals surface area contributed by atoms with Gasteiger partial charge in [-0.25, -0.2) is 8.78 Å². The van der Waals surface area contributed by atoms with Crippen molar-refractivity contribution in [3.05, 3.63) is 44.2 Å². The van der Waals surface area contributed by atoms with Crippen molar-refractivity contribution in [2.24, 2.45) is 5.11 Å². The van der Waals surface area contributed by atoms with Gasteiger partial charge in [-0.05, 0) is 27.5 Å². The molecule has 80 valence electrons. The molecule has 1 aromatic carbocycles. The average molecular weight is 278 g/mol. The number of nitrogens with zero attached hydrogens (tertiary/aromatic N) is 3. The second kappa shape index (κ2) is 5.06. The zero-order valence-electron chi connectivity index (χ0n) is 7.36. The Morgan fingerprint density at radius 3 is 2.73 bits per heavy atom. The van der Waals surface area contributed by atoms with Gasteiger partial charge in [-0.2, -0.15) is 0 Å². The van der Waals surface area contributed by atoms with Crippen LogP contribution < -0.4 is 0 Å². The van der Waals surface area contributed by atoms with E-state index in [1.807, 2.05) is 0 Å². The Morgan fingerprint density at radius 1 is 1.53 bits per heavy atom. The third-order valence-corrected chi connectivity index (χ3v) is 2.51. The maximum Gasteiger partial charge on any atom is 0.144 e. The fraction of sp³-hybridized carbons (Fsp3) is 0.250. The van der Waals surface area contributed by atoms with E-state index in [0.717, 1.165) is 12.1 Å². The molecule has 4 nitrogen and oxygen atoms in total. The van der Waals surface area contributed by atoms with Crippen LogP contribution in [-0.2, 0) is 0 Å². The Bertz CT molecular complexity index is 421. The molecule has 0 saturated carbocycles. The molecule has 0 saturated heterocycles. The highest BCUT2D eigenvalue weighted by Gasteiger charge is 2.17. The molecule has 15 heavy (non-hydrogen) atoms. The van der Waals surface area contributed by atoms with Crippen molar-refractivity contribution in [1.29, 1.82) is 0 Å². The summed E-state index contributed by atoms with van der Waals surface area (Å²) < 4.78 is 26.0. The number of benzene rings is 1. The highest BCUT2D eigenvalue weighted by Crippen LogP contribution is 2.28. The van der Waals surface area contributed by atoms with Crippen LogP contribution in [0.5, 0.6) is 0 Å². The number of azide groups is 1. The predicted octanol–water partition coefficient (Wildman–Crippen LogP) is 3.07. The minimum Gasteiger partial charge on any atom is -0.396 e. The highest BCUT2D eigenvalue weighted by molar-refractivity contribution is 9.10. The summed E-state index contributed by atoms with van der Waals surface area (Å²) in [6.45, 7) is -0.543. The molecule has 0 amide bonds. The fourth-order valence-corrected chi connectivity index (χ4v) is 1.42. The van der Waals surface area contributed by atoms with Crippen LogP contribution in [0.15, 0.2) is 21.7 Å². The van der Waals surface area contributed by atoms with Crippen LogP contribution in [0.3, 0.4) is 0 Å². The average Bonchev–Trinajstić information content (AvgIpc) is 2.24. The molecule has 1 aromatic rings. The molecule has 0 aliphatic rings. The van der Waals surface area contributed by atoms with Gasteiger partial charge >= 0.3 is 0 Å². The molecule has 0 aromatic heterocycles. The number of hydrogen-bond acceptors (Lipinski definition) is 2. The first-order chi connectivity index (χ1) is 7.11. The Balaban J connectivity index is 3.25. The Hall–Kier alpha value is -1.17. The van der Waals surface area contributed by atoms with Gasteiger partial charge in [0.1, 0.15) is 11.6 Å². The summed E-state index contributed by atoms with van der Waals surface area (Å²) in [6, 6.07) is 1.11. The van der Waals surface area contributed by atoms with Crippen LogP contribution in [0, 0.1) is 11.6 Å². The van der Waals surface area contributed by atoms with Crippen LogP contribution >= 0.6 is 15.9 Å². The minimum absolute atomic E-state index is 0.0522. The first kappa shape index (κ1) is 11.9. The minimum atomic E-state index is -1.05. The Kier molecular flexibility index (Phi) is 4.02. The lowest BCUT2D eigenvalue weighted by molar-refractivity contribution is 0.265. The van der Waals surface area contributed by atoms with Crippen LogP contribution in [0.25, 0.3) is 10.4 Å². The summed E-state index contributed by atoms with van der Waals surface area (Å²) in [6.07, 6.45) is 0. The summed E-state index contributed by atoms with van der Waals surface area (Å²) >= 11 is 2.71. The monoisotopic (exact) mass is 277 g/mol. The van der Waals surface area contributed by atoms with Crippen LogP contribution in [-0.4, -0.2) is 11.7 Å². The molecular formula is C8H6BrF2N3O. The van der Waals surface area contributed by atoms with Crippen molar-refractivity contribution in [1.82, 2.24) is 0 Å². The number of aliphatic hydroxyl groups excluding tert-OH is 1. The zero-order valence-corrected chi connectivity index (χ0v) is 8.95. The van der Waals surface area contributed by atoms with E-state index >= 15 is 0 Å². The van der Waals surface area contributed by atoms with Crippen molar-refractivity contribution in [2.75, 3.05) is 6.61 Å². The lowest BCUT2D eigenvalue weighted by Crippen LogP contribution is -2.04. The van der Waals surface area contributed by atoms with Gasteiger partial charge in [0, 0.05) is 10.5 Å². The van der Waals surface area contributed by atoms with Gasteiger partial charge in [0.25, 0.3) is 0 Å². The molecule has 0 radical (unpaired) electrons. The van der Waals surface area contributed by atoms with Crippen LogP contribution in [0.1, 0.15) is 11.6 Å². The van der Waals surface area contributed by atoms with E-state index in [-0.39, 0.29) is 10.0 Å². The first-order valence-corrected chi connectivity index (χ1v) is 4.69. The molecule has 0 bridgehead atoms. The molecule has 0 spiro atoms. The largest absolute Gasteiger partial charge is 0.396 e. The zero-order chi connectivity index (χ0) is 11.4. The quantitative estimate of drug-likeness (QED) is 0.392. The Labute approximate surface area is 92.3 Å². The van der Waals surface area contributed by atoms with E-state index in [1.165, 1.54) is 0 Å². The van der Waals surface area contributed by atoms with E-state index in [4.69, 9.17) is 10.6 Å². The van der Waals surface area contributed by atoms with Gasteiger partial charge < -0.3 is 5.11 Å². The molecular weight excluding hydrogens is 272 g/mol. The van der Waals surface area contributed by atoms with Gasteiger partial charge in [0.2, 0.25) is 0 Å². The van der Waals surface area contributed by atoms with Gasteiger partial charge in [-0.15, -0.1) is 0 Å². The highest BCUT2D eigenvalue weighted by atomic mass is 79.9. The molecule has 0 aliphatic heterocycles. The van der Waals surface area contributed by atoms with Crippen molar-refractivity contribution in [2.45, 2.75) is 6.04 Å². The lowest BCUT2D eigenvalue weighted by Gasteiger charge is -2.10. The molecule has 7 heteroatoms. The molecule has 0 aliphatic carbocycles. The predicted molar refractivity (Wildman–Crippen MR) is 53.0 cm³/mol. The smallest absolute Gasteiger partial charge is 0.144 e. The van der Waals surface area contributed by atoms with E-state index < -0.39 is 24.3 Å². The molecule has 0 heterocycles. The number of halogens is 3. The molecule has 1 N–H and O–H groups in total. The maximum absolute atomic E-state index is 13.4. The second-order valence-corrected chi connectivity index (χ2v) is 3.46. The molecule has 0 fully saturated rings. The normalized spacial score (nSPS) is 12.0. The third kappa shape index (κ3) is 2.44. The van der Waals surface area contributed by atoms with Crippen molar-refractivity contribution in [3.63, 3.8) is 0 Å². The number of aliphatic hydroxyl groups is 1. The number of rotatable bonds is 3. The topological polar surface area (TPSA) is 69.0 Å². The van der Waals surface area contributed by atoms with Gasteiger partial charge in [-0.3, -0.25) is 0 Å². The van der Waals surface area contributed by atoms with E-state index in [1.54, 1.807) is 0 Å². The van der Waals surface area contributed by atoms with E-state index in [2.05, 4.69) is 26.0 Å². The summed E-state index contributed by atoms with van der Waals surface area (Å²) in [5, 5.41) is 12.0. The molecule has 1 unspecified atom stereocenters. The van der Waals surface area contributed by atoms with Crippen molar-refractivity contribution in [3.8, 4) is 0 Å². The van der Waals surface area contributed by atoms with Crippen molar-refractivity contribution < 1.29 is 13.9 Å². The third-order valence-electron chi connectivity index (χ3n) is 1.79. The Morgan fingerprint density at radius 2 is 2.20 bits per heavy atom. The summed E-state index contributed by atoms with van der Waals surface area (Å²) in [5.41, 5.74) is 8.13. The fourth-order valence-electron chi connectivity index (χ4n) is 1.06. The number of hydrogen-bond donors (Lipinski definition) is 1. The van der Waals surface area contributed by atoms with Gasteiger partial charge in [0.05, 0.1) is 17.1 Å². The van der Waals surface area contributed by atoms with Gasteiger partial charge in [-0.1, -0.05) is 11.2 Å². The first-order valence-electron chi connectivity index (χ1n) is 3.90. The van der Waals surface area contributed by atoms with Crippen molar-refractivity contribution >= 4 is 15.9 Å². The standard InChI is InChI=1S/C8H6BrF2N3O/c9-7-5(10)2-1-4(8(7)11)6(3-15)13-14-12/h1-2,6,15H,3H2. The summed E-state index contributed by atoms with van der Waals surface area (Å²) in [5.74, 6) is -1.63. The maximum atomic E-state index is 13.4. The van der Waals surface area contributed by atoms with Crippen LogP contribution in [0.2, 0.25) is 0 Å². The summed E-state index contributed by atoms with van der Waals surface area (Å²) in [4.78, 5) is 2.47. The second-order valence-electron chi connectivity index (χ2n) is 2.67. The van der Waals surface area contributed by atoms with E-state index in [9.17, 15) is 8.78 Å². The lowest BCUT2D eigenvalue weighted by atomic mass is 10.1.